The largest absolute Gasteiger partial charge is 0.311 e. The lowest BCUT2D eigenvalue weighted by Crippen LogP contribution is -2.12. The van der Waals surface area contributed by atoms with E-state index in [2.05, 4.69) is 596 Å². The van der Waals surface area contributed by atoms with Crippen molar-refractivity contribution in [3.05, 3.63) is 553 Å². The van der Waals surface area contributed by atoms with Crippen LogP contribution in [0.2, 0.25) is 0 Å². The molecule has 6 nitrogen and oxygen atoms in total. The first-order chi connectivity index (χ1) is 69.4. The molecule has 0 atom stereocenters. The van der Waals surface area contributed by atoms with E-state index in [9.17, 15) is 0 Å². The van der Waals surface area contributed by atoms with E-state index in [0.29, 0.717) is 0 Å². The Morgan fingerprint density at radius 3 is 0.338 bits per heavy atom. The zero-order valence-corrected chi connectivity index (χ0v) is 82.0. The lowest BCUT2D eigenvalue weighted by molar-refractivity contribution is 1.26. The van der Waals surface area contributed by atoms with Crippen molar-refractivity contribution in [1.82, 2.24) is 0 Å². The quantitative estimate of drug-likeness (QED) is 0.0669. The van der Waals surface area contributed by atoms with Crippen LogP contribution in [-0.4, -0.2) is 0 Å². The minimum atomic E-state index is 1.07. The van der Waals surface area contributed by atoms with Crippen molar-refractivity contribution in [1.29, 1.82) is 0 Å². The van der Waals surface area contributed by atoms with Gasteiger partial charge in [0.05, 0.1) is 0 Å². The van der Waals surface area contributed by atoms with Crippen LogP contribution in [0.4, 0.5) is 102 Å². The zero-order chi connectivity index (χ0) is 96.9. The third-order valence-corrected chi connectivity index (χ3v) is 27.4. The number of nitrogens with zero attached hydrogens (tertiary/aromatic N) is 6. The highest BCUT2D eigenvalue weighted by atomic mass is 15.2. The molecule has 0 fully saturated rings. The fourth-order valence-electron chi connectivity index (χ4n) is 19.5. The molecule has 22 rings (SSSR count). The molecule has 21 aromatic rings. The van der Waals surface area contributed by atoms with Gasteiger partial charge in [-0.1, -0.05) is 335 Å². The molecule has 0 saturated heterocycles. The summed E-state index contributed by atoms with van der Waals surface area (Å²) in [5.74, 6) is 0. The number of hydrogen-bond donors (Lipinski definition) is 0. The molecule has 686 valence electrons. The highest BCUT2D eigenvalue weighted by Crippen LogP contribution is 2.55. The summed E-state index contributed by atoms with van der Waals surface area (Å²) in [6.45, 7) is 21.5. The predicted octanol–water partition coefficient (Wildman–Crippen LogP) is 38.9. The van der Waals surface area contributed by atoms with E-state index in [1.54, 1.807) is 0 Å². The maximum absolute atomic E-state index is 2.44. The SMILES string of the molecule is Cc1ccc(N(c2ccc(-c3ccccc3)cc2)c2ccc(-c3ccc(-c4ccc(N(c5ccc(C)cc5)c5ccc(-c6ccccc6)cc5)cc4)cc3)cc2)cc1.Cc1ccc(N(c2ccc(C)cc2)c2ccc3c(c2)-c2cc(N(c4ccc(C)cc4)c4ccc(C)cc4)ccc2-c2ccc(N(c4ccc(C)cc4)c4ccc(C)cc4)cc2-c2cc(N(c4ccc(C)cc4)c4ccc(C)cc4)ccc2-3)cc1. The van der Waals surface area contributed by atoms with Gasteiger partial charge in [0.15, 0.2) is 0 Å². The summed E-state index contributed by atoms with van der Waals surface area (Å²) in [6.07, 6.45) is 0. The Balaban J connectivity index is 0.000000180. The zero-order valence-electron chi connectivity index (χ0n) is 82.0. The average molecular weight is 1830 g/mol. The molecular weight excluding hydrogens is 1720 g/mol. The number of rotatable bonds is 22. The summed E-state index contributed by atoms with van der Waals surface area (Å²) in [6, 6.07) is 183. The monoisotopic (exact) mass is 1830 g/mol. The highest BCUT2D eigenvalue weighted by molar-refractivity contribution is 6.07. The molecule has 0 radical (unpaired) electrons. The van der Waals surface area contributed by atoms with E-state index in [0.717, 1.165) is 147 Å². The predicted molar refractivity (Wildman–Crippen MR) is 605 cm³/mol. The molecule has 21 aromatic carbocycles. The van der Waals surface area contributed by atoms with Gasteiger partial charge in [-0.15, -0.1) is 0 Å². The molecule has 0 spiro atoms. The molecule has 0 saturated carbocycles. The van der Waals surface area contributed by atoms with Gasteiger partial charge < -0.3 is 29.4 Å². The van der Waals surface area contributed by atoms with Crippen LogP contribution in [0.25, 0.3) is 89.0 Å². The van der Waals surface area contributed by atoms with Crippen LogP contribution in [0.3, 0.4) is 0 Å². The van der Waals surface area contributed by atoms with Gasteiger partial charge in [0.2, 0.25) is 0 Å². The van der Waals surface area contributed by atoms with E-state index < -0.39 is 0 Å². The lowest BCUT2D eigenvalue weighted by Gasteiger charge is -2.32. The molecular formula is C136H112N6. The van der Waals surface area contributed by atoms with Crippen LogP contribution < -0.4 is 29.4 Å². The smallest absolute Gasteiger partial charge is 0.0468 e. The van der Waals surface area contributed by atoms with Crippen LogP contribution in [0, 0.1) is 69.2 Å². The molecule has 0 N–H and O–H groups in total. The van der Waals surface area contributed by atoms with Crippen molar-refractivity contribution < 1.29 is 0 Å². The number of aryl methyl sites for hydroxylation is 10. The van der Waals surface area contributed by atoms with E-state index in [1.807, 2.05) is 0 Å². The molecule has 0 unspecified atom stereocenters. The summed E-state index contributed by atoms with van der Waals surface area (Å²) in [7, 11) is 0. The van der Waals surface area contributed by atoms with Crippen molar-refractivity contribution in [2.75, 3.05) is 29.4 Å². The Bertz CT molecular complexity index is 7030. The molecule has 1 aliphatic rings. The Hall–Kier alpha value is -17.6. The van der Waals surface area contributed by atoms with Gasteiger partial charge in [-0.2, -0.15) is 0 Å². The van der Waals surface area contributed by atoms with Gasteiger partial charge in [-0.3, -0.25) is 0 Å². The molecule has 142 heavy (non-hydrogen) atoms. The first-order valence-electron chi connectivity index (χ1n) is 49.1. The second-order valence-corrected chi connectivity index (χ2v) is 37.8. The Morgan fingerprint density at radius 1 is 0.0915 bits per heavy atom. The third kappa shape index (κ3) is 19.5. The van der Waals surface area contributed by atoms with Crippen LogP contribution in [0.5, 0.6) is 0 Å². The van der Waals surface area contributed by atoms with Gasteiger partial charge in [0.1, 0.15) is 0 Å². The second-order valence-electron chi connectivity index (χ2n) is 37.8. The van der Waals surface area contributed by atoms with Crippen LogP contribution in [0.15, 0.2) is 497 Å². The van der Waals surface area contributed by atoms with Crippen molar-refractivity contribution in [2.24, 2.45) is 0 Å². The number of fused-ring (bicyclic) bond motifs is 8. The summed E-state index contributed by atoms with van der Waals surface area (Å²) in [5.41, 5.74) is 50.7. The van der Waals surface area contributed by atoms with E-state index >= 15 is 0 Å². The van der Waals surface area contributed by atoms with Gasteiger partial charge in [0.25, 0.3) is 0 Å². The van der Waals surface area contributed by atoms with Crippen molar-refractivity contribution in [2.45, 2.75) is 69.2 Å². The standard InChI is InChI=1S/C80H68N4.C56H44N2/c1-53-9-25-61(26-10-53)81(62-27-11-54(2)12-28-62)69-41-45-73-74-46-42-71(83(65-33-17-57(5)18-34-65)66-35-19-58(6)20-36-66)51-79(74)80-52-72(84(67-37-21-59(7)22-38-67)68-39-23-60(8)24-40-68)44-48-76(80)75-47-43-70(50-78(75)77(73)49-69)82(63-29-13-55(3)14-30-63)64-31-15-56(4)16-32-64;1-41-13-29-51(30-14-41)57(53-33-21-47(22-34-53)43-9-5-3-6-10-43)55-37-25-49(26-38-55)45-17-19-46(20-18-45)50-27-39-56(40-28-50)58(52-31-15-42(2)16-32-52)54-35-23-48(24-36-54)44-11-7-4-8-12-44/h9-52H,1-8H3;3-40H,1-2H3. The minimum absolute atomic E-state index is 1.07. The van der Waals surface area contributed by atoms with Gasteiger partial charge in [-0.25, -0.2) is 0 Å². The minimum Gasteiger partial charge on any atom is -0.311 e. The molecule has 0 aromatic heterocycles. The number of anilines is 18. The Labute approximate surface area is 837 Å². The summed E-state index contributed by atoms with van der Waals surface area (Å²) < 4.78 is 0. The highest BCUT2D eigenvalue weighted by Gasteiger charge is 2.30. The van der Waals surface area contributed by atoms with E-state index in [1.165, 1.54) is 100 Å². The maximum atomic E-state index is 2.44. The Morgan fingerprint density at radius 2 is 0.197 bits per heavy atom. The molecule has 1 aliphatic carbocycles. The maximum Gasteiger partial charge on any atom is 0.0468 e. The summed E-state index contributed by atoms with van der Waals surface area (Å²) >= 11 is 0. The van der Waals surface area contributed by atoms with Crippen molar-refractivity contribution in [3.63, 3.8) is 0 Å². The summed E-state index contributed by atoms with van der Waals surface area (Å²) in [4.78, 5) is 14.3. The van der Waals surface area contributed by atoms with Crippen molar-refractivity contribution in [3.8, 4) is 89.0 Å². The van der Waals surface area contributed by atoms with E-state index in [4.69, 9.17) is 0 Å². The van der Waals surface area contributed by atoms with Crippen molar-refractivity contribution >= 4 is 102 Å². The number of benzene rings is 21. The first kappa shape index (κ1) is 90.9. The van der Waals surface area contributed by atoms with Crippen LogP contribution in [-0.2, 0) is 0 Å². The van der Waals surface area contributed by atoms with Gasteiger partial charge in [0, 0.05) is 102 Å². The fourth-order valence-corrected chi connectivity index (χ4v) is 19.5. The molecule has 0 bridgehead atoms. The average Bonchev–Trinajstić information content (AvgIpc) is 0.724. The molecule has 0 aliphatic heterocycles. The molecule has 0 amide bonds. The van der Waals surface area contributed by atoms with Gasteiger partial charge >= 0.3 is 0 Å². The normalized spacial score (nSPS) is 11.2. The van der Waals surface area contributed by atoms with Crippen LogP contribution >= 0.6 is 0 Å². The number of hydrogen-bond acceptors (Lipinski definition) is 6. The molecule has 0 heterocycles. The fraction of sp³-hybridized carbons (Fsp3) is 0.0735. The Kier molecular flexibility index (Phi) is 25.7. The van der Waals surface area contributed by atoms with E-state index in [-0.39, 0.29) is 0 Å². The second kappa shape index (κ2) is 40.2. The first-order valence-corrected chi connectivity index (χ1v) is 49.1. The summed E-state index contributed by atoms with van der Waals surface area (Å²) in [5, 5.41) is 0. The van der Waals surface area contributed by atoms with Gasteiger partial charge in [-0.05, 0) is 377 Å². The topological polar surface area (TPSA) is 19.4 Å². The third-order valence-electron chi connectivity index (χ3n) is 27.4. The molecule has 6 heteroatoms. The van der Waals surface area contributed by atoms with Crippen LogP contribution in [0.1, 0.15) is 55.6 Å². The lowest BCUT2D eigenvalue weighted by atomic mass is 9.80.